The summed E-state index contributed by atoms with van der Waals surface area (Å²) in [4.78, 5) is 20.4. The first kappa shape index (κ1) is 16.7. The summed E-state index contributed by atoms with van der Waals surface area (Å²) in [5.74, 6) is -0.799. The number of aromatic nitrogens is 4. The number of benzene rings is 1. The smallest absolute Gasteiger partial charge is 0.406 e. The van der Waals surface area contributed by atoms with Gasteiger partial charge in [0.05, 0.1) is 0 Å². The minimum atomic E-state index is -4.77. The molecule has 0 spiro atoms. The predicted octanol–water partition coefficient (Wildman–Crippen LogP) is 2.89. The van der Waals surface area contributed by atoms with Crippen molar-refractivity contribution in [1.82, 2.24) is 19.6 Å². The van der Waals surface area contributed by atoms with Crippen molar-refractivity contribution in [2.24, 2.45) is 0 Å². The molecule has 0 aliphatic heterocycles. The zero-order valence-corrected chi connectivity index (χ0v) is 13.1. The number of anilines is 1. The Morgan fingerprint density at radius 1 is 1.16 bits per heavy atom. The second-order valence-corrected chi connectivity index (χ2v) is 5.21. The van der Waals surface area contributed by atoms with Crippen molar-refractivity contribution in [2.45, 2.75) is 20.2 Å². The van der Waals surface area contributed by atoms with Gasteiger partial charge in [-0.15, -0.1) is 18.3 Å². The van der Waals surface area contributed by atoms with Crippen molar-refractivity contribution >= 4 is 17.4 Å². The minimum absolute atomic E-state index is 0.100. The van der Waals surface area contributed by atoms with Gasteiger partial charge in [-0.2, -0.15) is 4.98 Å². The fourth-order valence-electron chi connectivity index (χ4n) is 2.19. The fourth-order valence-corrected chi connectivity index (χ4v) is 2.19. The number of ether oxygens (including phenoxy) is 1. The Morgan fingerprint density at radius 3 is 2.48 bits per heavy atom. The molecule has 1 amide bonds. The highest BCUT2D eigenvalue weighted by Crippen LogP contribution is 2.24. The van der Waals surface area contributed by atoms with Crippen LogP contribution in [0.5, 0.6) is 5.75 Å². The first-order valence-corrected chi connectivity index (χ1v) is 7.09. The zero-order chi connectivity index (χ0) is 18.2. The number of nitrogens with zero attached hydrogens (tertiary/aromatic N) is 4. The quantitative estimate of drug-likeness (QED) is 0.785. The molecule has 0 saturated carbocycles. The highest BCUT2D eigenvalue weighted by molar-refractivity contribution is 6.01. The number of halogens is 3. The van der Waals surface area contributed by atoms with Crippen molar-refractivity contribution in [3.8, 4) is 5.75 Å². The topological polar surface area (TPSA) is 81.4 Å². The number of carbonyl (C=O) groups is 1. The maximum atomic E-state index is 12.2. The van der Waals surface area contributed by atoms with Gasteiger partial charge in [-0.05, 0) is 44.2 Å². The molecular formula is C15H12F3N5O2. The van der Waals surface area contributed by atoms with Crippen LogP contribution in [0.2, 0.25) is 0 Å². The van der Waals surface area contributed by atoms with Gasteiger partial charge in [-0.1, -0.05) is 0 Å². The van der Waals surface area contributed by atoms with Crippen molar-refractivity contribution in [3.05, 3.63) is 47.5 Å². The molecule has 3 rings (SSSR count). The minimum Gasteiger partial charge on any atom is -0.406 e. The number of carbonyl (C=O) groups excluding carboxylic acids is 1. The number of amides is 1. The van der Waals surface area contributed by atoms with Crippen LogP contribution in [-0.2, 0) is 0 Å². The van der Waals surface area contributed by atoms with Crippen molar-refractivity contribution < 1.29 is 22.7 Å². The fraction of sp³-hybridized carbons (Fsp3) is 0.200. The number of fused-ring (bicyclic) bond motifs is 1. The van der Waals surface area contributed by atoms with E-state index >= 15 is 0 Å². The Balaban J connectivity index is 1.77. The van der Waals surface area contributed by atoms with Gasteiger partial charge in [0.1, 0.15) is 5.75 Å². The molecule has 25 heavy (non-hydrogen) atoms. The Bertz CT molecular complexity index is 935. The highest BCUT2D eigenvalue weighted by Gasteiger charge is 2.31. The molecule has 10 heteroatoms. The monoisotopic (exact) mass is 351 g/mol. The molecule has 0 radical (unpaired) electrons. The summed E-state index contributed by atoms with van der Waals surface area (Å²) in [6, 6.07) is 6.54. The number of aryl methyl sites for hydroxylation is 2. The van der Waals surface area contributed by atoms with Gasteiger partial charge in [0.25, 0.3) is 11.7 Å². The molecular weight excluding hydrogens is 339 g/mol. The average Bonchev–Trinajstić information content (AvgIpc) is 2.92. The molecule has 7 nitrogen and oxygen atoms in total. The SMILES string of the molecule is Cc1cc(C)n2nc(C(=O)Nc3ccc(OC(F)(F)F)cc3)nc2n1. The van der Waals surface area contributed by atoms with Gasteiger partial charge in [0, 0.05) is 17.1 Å². The van der Waals surface area contributed by atoms with Crippen LogP contribution in [-0.4, -0.2) is 31.9 Å². The van der Waals surface area contributed by atoms with Crippen LogP contribution in [0, 0.1) is 13.8 Å². The van der Waals surface area contributed by atoms with Gasteiger partial charge in [0.15, 0.2) is 0 Å². The Kier molecular flexibility index (Phi) is 4.03. The van der Waals surface area contributed by atoms with Crippen molar-refractivity contribution in [1.29, 1.82) is 0 Å². The summed E-state index contributed by atoms with van der Waals surface area (Å²) in [6.07, 6.45) is -4.77. The highest BCUT2D eigenvalue weighted by atomic mass is 19.4. The third-order valence-electron chi connectivity index (χ3n) is 3.17. The Morgan fingerprint density at radius 2 is 1.84 bits per heavy atom. The molecule has 0 unspecified atom stereocenters. The second-order valence-electron chi connectivity index (χ2n) is 5.21. The molecule has 2 heterocycles. The van der Waals surface area contributed by atoms with E-state index < -0.39 is 12.3 Å². The predicted molar refractivity (Wildman–Crippen MR) is 81.3 cm³/mol. The second kappa shape index (κ2) is 6.04. The van der Waals surface area contributed by atoms with Crippen molar-refractivity contribution in [2.75, 3.05) is 5.32 Å². The summed E-state index contributed by atoms with van der Waals surface area (Å²) < 4.78 is 41.6. The molecule has 3 aromatic rings. The maximum Gasteiger partial charge on any atom is 0.573 e. The number of hydrogen-bond donors (Lipinski definition) is 1. The van der Waals surface area contributed by atoms with E-state index in [9.17, 15) is 18.0 Å². The van der Waals surface area contributed by atoms with E-state index in [-0.39, 0.29) is 23.0 Å². The lowest BCUT2D eigenvalue weighted by Crippen LogP contribution is -2.17. The van der Waals surface area contributed by atoms with E-state index in [2.05, 4.69) is 25.1 Å². The van der Waals surface area contributed by atoms with Crippen LogP contribution in [0.15, 0.2) is 30.3 Å². The number of alkyl halides is 3. The molecule has 0 saturated heterocycles. The Labute approximate surface area is 139 Å². The van der Waals surface area contributed by atoms with Gasteiger partial charge < -0.3 is 10.1 Å². The summed E-state index contributed by atoms with van der Waals surface area (Å²) >= 11 is 0. The van der Waals surface area contributed by atoms with Gasteiger partial charge >= 0.3 is 6.36 Å². The van der Waals surface area contributed by atoms with Crippen LogP contribution >= 0.6 is 0 Å². The largest absolute Gasteiger partial charge is 0.573 e. The molecule has 2 aromatic heterocycles. The standard InChI is InChI=1S/C15H12F3N5O2/c1-8-7-9(2)23-14(19-8)21-12(22-23)13(24)20-10-3-5-11(6-4-10)25-15(16,17)18/h3-7H,1-2H3,(H,20,24). The van der Waals surface area contributed by atoms with Gasteiger partial charge in [-0.25, -0.2) is 9.50 Å². The normalized spacial score (nSPS) is 11.6. The van der Waals surface area contributed by atoms with Crippen LogP contribution in [0.4, 0.5) is 18.9 Å². The van der Waals surface area contributed by atoms with E-state index in [1.54, 1.807) is 19.9 Å². The maximum absolute atomic E-state index is 12.2. The molecule has 0 aliphatic carbocycles. The first-order chi connectivity index (χ1) is 11.7. The first-order valence-electron chi connectivity index (χ1n) is 7.09. The molecule has 0 atom stereocenters. The lowest BCUT2D eigenvalue weighted by atomic mass is 10.3. The van der Waals surface area contributed by atoms with E-state index in [1.807, 2.05) is 0 Å². The number of rotatable bonds is 3. The zero-order valence-electron chi connectivity index (χ0n) is 13.1. The lowest BCUT2D eigenvalue weighted by molar-refractivity contribution is -0.274. The van der Waals surface area contributed by atoms with Crippen LogP contribution in [0.3, 0.4) is 0 Å². The summed E-state index contributed by atoms with van der Waals surface area (Å²) in [7, 11) is 0. The Hall–Kier alpha value is -3.17. The summed E-state index contributed by atoms with van der Waals surface area (Å²) in [6.45, 7) is 3.60. The van der Waals surface area contributed by atoms with Crippen LogP contribution in [0.25, 0.3) is 5.78 Å². The van der Waals surface area contributed by atoms with Gasteiger partial charge in [0.2, 0.25) is 5.82 Å². The summed E-state index contributed by atoms with van der Waals surface area (Å²) in [5, 5.41) is 6.57. The molecule has 130 valence electrons. The lowest BCUT2D eigenvalue weighted by Gasteiger charge is -2.09. The van der Waals surface area contributed by atoms with Crippen molar-refractivity contribution in [3.63, 3.8) is 0 Å². The van der Waals surface area contributed by atoms with Gasteiger partial charge in [-0.3, -0.25) is 4.79 Å². The third-order valence-corrected chi connectivity index (χ3v) is 3.17. The molecule has 1 aromatic carbocycles. The van der Waals surface area contributed by atoms with Crippen LogP contribution in [0.1, 0.15) is 22.0 Å². The van der Waals surface area contributed by atoms with E-state index in [0.717, 1.165) is 23.5 Å². The molecule has 0 bridgehead atoms. The average molecular weight is 351 g/mol. The van der Waals surface area contributed by atoms with Crippen LogP contribution < -0.4 is 10.1 Å². The molecule has 0 fully saturated rings. The molecule has 1 N–H and O–H groups in total. The molecule has 0 aliphatic rings. The van der Waals surface area contributed by atoms with E-state index in [4.69, 9.17) is 0 Å². The van der Waals surface area contributed by atoms with E-state index in [0.29, 0.717) is 0 Å². The number of hydrogen-bond acceptors (Lipinski definition) is 5. The number of nitrogens with one attached hydrogen (secondary N) is 1. The third kappa shape index (κ3) is 3.84. The summed E-state index contributed by atoms with van der Waals surface area (Å²) in [5.41, 5.74) is 1.78. The van der Waals surface area contributed by atoms with E-state index in [1.165, 1.54) is 16.6 Å².